The number of piperidine rings is 1. The van der Waals surface area contributed by atoms with E-state index in [1.807, 2.05) is 24.1 Å². The Bertz CT molecular complexity index is 1240. The molecule has 0 aliphatic carbocycles. The summed E-state index contributed by atoms with van der Waals surface area (Å²) in [6.45, 7) is 5.16. The minimum absolute atomic E-state index is 0.0897. The van der Waals surface area contributed by atoms with Gasteiger partial charge in [0.25, 0.3) is 0 Å². The second-order valence-electron chi connectivity index (χ2n) is 11.4. The van der Waals surface area contributed by atoms with Crippen molar-refractivity contribution in [3.8, 4) is 0 Å². The van der Waals surface area contributed by atoms with E-state index in [0.29, 0.717) is 42.8 Å². The van der Waals surface area contributed by atoms with Gasteiger partial charge in [-0.1, -0.05) is 67.1 Å². The zero-order valence-corrected chi connectivity index (χ0v) is 25.3. The quantitative estimate of drug-likeness (QED) is 0.244. The van der Waals surface area contributed by atoms with Crippen LogP contribution in [0.2, 0.25) is 0 Å². The fraction of sp³-hybridized carbons (Fsp3) is 0.485. The van der Waals surface area contributed by atoms with Crippen molar-refractivity contribution in [3.05, 3.63) is 77.6 Å². The van der Waals surface area contributed by atoms with Gasteiger partial charge >= 0.3 is 6.03 Å². The van der Waals surface area contributed by atoms with Crippen LogP contribution >= 0.6 is 0 Å². The van der Waals surface area contributed by atoms with Crippen LogP contribution in [0.1, 0.15) is 61.4 Å². The summed E-state index contributed by atoms with van der Waals surface area (Å²) >= 11 is 0. The summed E-state index contributed by atoms with van der Waals surface area (Å²) < 4.78 is 6.04. The van der Waals surface area contributed by atoms with Crippen molar-refractivity contribution in [2.24, 2.45) is 0 Å². The highest BCUT2D eigenvalue weighted by molar-refractivity contribution is 5.76. The maximum Gasteiger partial charge on any atom is 0.315 e. The van der Waals surface area contributed by atoms with Gasteiger partial charge in [-0.2, -0.15) is 0 Å². The van der Waals surface area contributed by atoms with Crippen molar-refractivity contribution in [3.63, 3.8) is 0 Å². The van der Waals surface area contributed by atoms with Crippen LogP contribution in [-0.2, 0) is 11.3 Å². The normalized spacial score (nSPS) is 17.4. The lowest BCUT2D eigenvalue weighted by molar-refractivity contribution is 0.0170. The Hall–Kier alpha value is -3.89. The van der Waals surface area contributed by atoms with Crippen molar-refractivity contribution >= 4 is 23.4 Å². The number of amides is 2. The molecular weight excluding hydrogens is 540 g/mol. The molecule has 3 aromatic rings. The summed E-state index contributed by atoms with van der Waals surface area (Å²) in [5, 5.41) is 9.44. The number of carbonyl (C=O) groups is 1. The summed E-state index contributed by atoms with van der Waals surface area (Å²) in [6, 6.07) is 20.6. The molecule has 230 valence electrons. The Labute approximate surface area is 255 Å². The second kappa shape index (κ2) is 15.5. The molecule has 0 bridgehead atoms. The molecular formula is C33H46N8O2. The molecule has 1 atom stereocenters. The number of anilines is 3. The first-order chi connectivity index (χ1) is 21.1. The third kappa shape index (κ3) is 8.58. The van der Waals surface area contributed by atoms with E-state index in [4.69, 9.17) is 20.4 Å². The molecule has 0 spiro atoms. The lowest BCUT2D eigenvalue weighted by Crippen LogP contribution is -2.41. The summed E-state index contributed by atoms with van der Waals surface area (Å²) in [4.78, 5) is 26.6. The number of nitrogens with two attached hydrogens (primary N) is 1. The molecule has 0 saturated carbocycles. The molecule has 2 fully saturated rings. The number of nitrogen functional groups attached to an aromatic ring is 1. The number of nitrogens with zero attached hydrogens (tertiary/aromatic N) is 4. The number of carbonyl (C=O) groups excluding carboxylic acids is 1. The van der Waals surface area contributed by atoms with E-state index < -0.39 is 0 Å². The lowest BCUT2D eigenvalue weighted by atomic mass is 9.91. The van der Waals surface area contributed by atoms with Crippen molar-refractivity contribution in [2.45, 2.75) is 57.2 Å². The standard InChI is InChI=1S/C33H46N8O2/c1-40(29-17-9-12-22-43-29)32-30(34)31(36-23-27(25-13-5-2-6-14-25)26-15-7-3-8-16-26)38-28(39-32)24-37-33(42)35-18-21-41-19-10-4-11-20-41/h2-3,5-8,13-16,27,29H,4,9-12,17-24,34H2,1H3,(H2,35,37,42)(H,36,38,39). The highest BCUT2D eigenvalue weighted by atomic mass is 16.5. The summed E-state index contributed by atoms with van der Waals surface area (Å²) in [7, 11) is 1.96. The first-order valence-electron chi connectivity index (χ1n) is 15.7. The van der Waals surface area contributed by atoms with E-state index in [9.17, 15) is 4.79 Å². The summed E-state index contributed by atoms with van der Waals surface area (Å²) in [6.07, 6.45) is 6.70. The maximum absolute atomic E-state index is 12.6. The first kappa shape index (κ1) is 30.6. The maximum atomic E-state index is 12.6. The zero-order valence-electron chi connectivity index (χ0n) is 25.3. The topological polar surface area (TPSA) is 121 Å². The molecule has 0 radical (unpaired) electrons. The Morgan fingerprint density at radius 1 is 0.977 bits per heavy atom. The van der Waals surface area contributed by atoms with Gasteiger partial charge in [0, 0.05) is 39.2 Å². The number of rotatable bonds is 12. The highest BCUT2D eigenvalue weighted by Gasteiger charge is 2.25. The van der Waals surface area contributed by atoms with Crippen LogP contribution in [0, 0.1) is 0 Å². The zero-order chi connectivity index (χ0) is 29.9. The van der Waals surface area contributed by atoms with Crippen LogP contribution in [0.3, 0.4) is 0 Å². The fourth-order valence-corrected chi connectivity index (χ4v) is 5.88. The van der Waals surface area contributed by atoms with E-state index in [2.05, 4.69) is 69.4 Å². The van der Waals surface area contributed by atoms with Crippen molar-refractivity contribution < 1.29 is 9.53 Å². The molecule has 5 rings (SSSR count). The fourth-order valence-electron chi connectivity index (χ4n) is 5.88. The van der Waals surface area contributed by atoms with Gasteiger partial charge in [-0.15, -0.1) is 0 Å². The van der Waals surface area contributed by atoms with Crippen LogP contribution < -0.4 is 26.6 Å². The van der Waals surface area contributed by atoms with Gasteiger partial charge in [0.1, 0.15) is 11.9 Å². The van der Waals surface area contributed by atoms with Gasteiger partial charge in [0.2, 0.25) is 0 Å². The molecule has 1 unspecified atom stereocenters. The molecule has 43 heavy (non-hydrogen) atoms. The van der Waals surface area contributed by atoms with Gasteiger partial charge < -0.3 is 36.2 Å². The van der Waals surface area contributed by atoms with Gasteiger partial charge in [-0.3, -0.25) is 0 Å². The molecule has 5 N–H and O–H groups in total. The average molecular weight is 587 g/mol. The number of hydrogen-bond acceptors (Lipinski definition) is 8. The minimum Gasteiger partial charge on any atom is -0.393 e. The van der Waals surface area contributed by atoms with E-state index >= 15 is 0 Å². The largest absolute Gasteiger partial charge is 0.393 e. The lowest BCUT2D eigenvalue weighted by Gasteiger charge is -2.33. The second-order valence-corrected chi connectivity index (χ2v) is 11.4. The van der Waals surface area contributed by atoms with Crippen LogP contribution in [0.25, 0.3) is 0 Å². The number of ether oxygens (including phenoxy) is 1. The monoisotopic (exact) mass is 586 g/mol. The molecule has 2 amide bonds. The third-order valence-electron chi connectivity index (χ3n) is 8.34. The van der Waals surface area contributed by atoms with Gasteiger partial charge in [-0.05, 0) is 56.3 Å². The number of aromatic nitrogens is 2. The molecule has 3 heterocycles. The summed E-state index contributed by atoms with van der Waals surface area (Å²) in [5.74, 6) is 1.72. The number of urea groups is 1. The van der Waals surface area contributed by atoms with Gasteiger partial charge in [0.15, 0.2) is 17.5 Å². The van der Waals surface area contributed by atoms with Crippen molar-refractivity contribution in [2.75, 3.05) is 62.3 Å². The summed E-state index contributed by atoms with van der Waals surface area (Å²) in [5.41, 5.74) is 9.59. The van der Waals surface area contributed by atoms with Crippen LogP contribution in [0.4, 0.5) is 22.1 Å². The number of hydrogen-bond donors (Lipinski definition) is 4. The predicted molar refractivity (Wildman–Crippen MR) is 172 cm³/mol. The molecule has 2 aliphatic rings. The van der Waals surface area contributed by atoms with Crippen molar-refractivity contribution in [1.29, 1.82) is 0 Å². The third-order valence-corrected chi connectivity index (χ3v) is 8.34. The van der Waals surface area contributed by atoms with E-state index in [1.165, 1.54) is 30.4 Å². The SMILES string of the molecule is CN(c1nc(CNC(=O)NCCN2CCCCC2)nc(NCC(c2ccccc2)c2ccccc2)c1N)C1CCCCO1. The van der Waals surface area contributed by atoms with Crippen LogP contribution in [0.5, 0.6) is 0 Å². The molecule has 2 saturated heterocycles. The number of nitrogens with one attached hydrogen (secondary N) is 3. The molecule has 1 aromatic heterocycles. The average Bonchev–Trinajstić information content (AvgIpc) is 3.06. The van der Waals surface area contributed by atoms with E-state index in [0.717, 1.165) is 38.9 Å². The first-order valence-corrected chi connectivity index (χ1v) is 15.7. The van der Waals surface area contributed by atoms with E-state index in [1.54, 1.807) is 0 Å². The Kier molecular flexibility index (Phi) is 11.0. The Balaban J connectivity index is 1.31. The predicted octanol–water partition coefficient (Wildman–Crippen LogP) is 4.55. The molecule has 10 heteroatoms. The highest BCUT2D eigenvalue weighted by Crippen LogP contribution is 2.32. The molecule has 2 aliphatic heterocycles. The number of benzene rings is 2. The van der Waals surface area contributed by atoms with Crippen molar-refractivity contribution in [1.82, 2.24) is 25.5 Å². The van der Waals surface area contributed by atoms with Gasteiger partial charge in [-0.25, -0.2) is 14.8 Å². The molecule has 10 nitrogen and oxygen atoms in total. The minimum atomic E-state index is -0.231. The molecule has 2 aromatic carbocycles. The van der Waals surface area contributed by atoms with E-state index in [-0.39, 0.29) is 24.7 Å². The van der Waals surface area contributed by atoms with Crippen LogP contribution in [0.15, 0.2) is 60.7 Å². The number of likely N-dealkylation sites (tertiary alicyclic amines) is 1. The van der Waals surface area contributed by atoms with Crippen LogP contribution in [-0.4, -0.2) is 73.5 Å². The van der Waals surface area contributed by atoms with Gasteiger partial charge in [0.05, 0.1) is 6.54 Å². The smallest absolute Gasteiger partial charge is 0.315 e. The Morgan fingerprint density at radius 2 is 1.67 bits per heavy atom. The Morgan fingerprint density at radius 3 is 2.33 bits per heavy atom.